The van der Waals surface area contributed by atoms with Crippen molar-refractivity contribution in [3.05, 3.63) is 74.7 Å². The number of carbonyl (C=O) groups excluding carboxylic acids is 1. The average molecular weight is 477 g/mol. The van der Waals surface area contributed by atoms with Gasteiger partial charge in [0.15, 0.2) is 0 Å². The van der Waals surface area contributed by atoms with E-state index in [1.54, 1.807) is 19.9 Å². The number of nitrogens with one attached hydrogen (secondary N) is 1. The lowest BCUT2D eigenvalue weighted by Crippen LogP contribution is -2.35. The average Bonchev–Trinajstić information content (AvgIpc) is 3.01. The van der Waals surface area contributed by atoms with E-state index in [1.807, 2.05) is 0 Å². The number of halogens is 2. The molecule has 0 radical (unpaired) electrons. The van der Waals surface area contributed by atoms with Crippen LogP contribution in [0, 0.1) is 0 Å². The lowest BCUT2D eigenvalue weighted by Gasteiger charge is -2.25. The maximum Gasteiger partial charge on any atom is 0.411 e. The lowest BCUT2D eigenvalue weighted by atomic mass is 9.82. The summed E-state index contributed by atoms with van der Waals surface area (Å²) in [6.45, 7) is 3.38. The summed E-state index contributed by atoms with van der Waals surface area (Å²) in [5, 5.41) is 22.8. The molecule has 0 aromatic heterocycles. The van der Waals surface area contributed by atoms with Gasteiger partial charge in [-0.1, -0.05) is 35.3 Å². The van der Waals surface area contributed by atoms with E-state index in [0.717, 1.165) is 12.2 Å². The molecule has 0 saturated carbocycles. The Hall–Kier alpha value is -3.36. The minimum atomic E-state index is -2.03. The summed E-state index contributed by atoms with van der Waals surface area (Å²) in [7, 11) is 0. The van der Waals surface area contributed by atoms with Gasteiger partial charge in [0.05, 0.1) is 16.5 Å². The van der Waals surface area contributed by atoms with Crippen molar-refractivity contribution in [2.75, 3.05) is 5.32 Å². The van der Waals surface area contributed by atoms with Gasteiger partial charge in [0.25, 0.3) is 0 Å². The van der Waals surface area contributed by atoms with Crippen LogP contribution in [0.4, 0.5) is 10.5 Å². The van der Waals surface area contributed by atoms with Crippen LogP contribution in [0.5, 0.6) is 0 Å². The van der Waals surface area contributed by atoms with Gasteiger partial charge in [-0.15, -0.1) is 0 Å². The second-order valence-electron chi connectivity index (χ2n) is 7.15. The zero-order valence-corrected chi connectivity index (χ0v) is 18.4. The number of carboxylic acids is 2. The van der Waals surface area contributed by atoms with Gasteiger partial charge in [-0.05, 0) is 49.8 Å². The number of nitrogens with zero attached hydrogens (tertiary/aromatic N) is 1. The van der Waals surface area contributed by atoms with E-state index >= 15 is 0 Å². The molecule has 10 heteroatoms. The zero-order valence-electron chi connectivity index (χ0n) is 16.9. The van der Waals surface area contributed by atoms with Crippen molar-refractivity contribution in [1.82, 2.24) is 0 Å². The van der Waals surface area contributed by atoms with E-state index in [4.69, 9.17) is 33.0 Å². The van der Waals surface area contributed by atoms with E-state index in [9.17, 15) is 19.5 Å². The molecule has 2 aromatic rings. The van der Waals surface area contributed by atoms with Crippen molar-refractivity contribution in [1.29, 1.82) is 0 Å². The maximum atomic E-state index is 12.6. The number of anilines is 1. The zero-order chi connectivity index (χ0) is 23.6. The third-order valence-corrected chi connectivity index (χ3v) is 5.07. The van der Waals surface area contributed by atoms with Crippen molar-refractivity contribution in [2.24, 2.45) is 4.99 Å². The Morgan fingerprint density at radius 2 is 1.88 bits per heavy atom. The molecule has 166 valence electrons. The molecular weight excluding hydrogens is 459 g/mol. The van der Waals surface area contributed by atoms with Gasteiger partial charge in [-0.25, -0.2) is 14.4 Å². The number of amides is 1. The molecule has 1 aliphatic heterocycles. The SMILES string of the molecule is CC(C)OC(=O)Nc1cccc(C2(C(=O)O)N=c3cc(Cl)cc(Cl)c3=C2C=CC(=O)O)c1. The molecule has 32 heavy (non-hydrogen) atoms. The highest BCUT2D eigenvalue weighted by Gasteiger charge is 2.46. The van der Waals surface area contributed by atoms with Gasteiger partial charge in [0, 0.05) is 27.6 Å². The maximum absolute atomic E-state index is 12.6. The molecule has 8 nitrogen and oxygen atoms in total. The normalized spacial score (nSPS) is 17.2. The molecule has 0 bridgehead atoms. The molecule has 0 saturated heterocycles. The van der Waals surface area contributed by atoms with Gasteiger partial charge in [-0.3, -0.25) is 10.3 Å². The Morgan fingerprint density at radius 1 is 1.16 bits per heavy atom. The summed E-state index contributed by atoms with van der Waals surface area (Å²) in [5.74, 6) is -2.64. The number of carbonyl (C=O) groups is 3. The Labute approximate surface area is 192 Å². The fraction of sp³-hybridized carbons (Fsp3) is 0.182. The highest BCUT2D eigenvalue weighted by atomic mass is 35.5. The van der Waals surface area contributed by atoms with Crippen LogP contribution in [0.15, 0.2) is 53.5 Å². The van der Waals surface area contributed by atoms with Crippen LogP contribution >= 0.6 is 23.2 Å². The van der Waals surface area contributed by atoms with Crippen LogP contribution in [0.25, 0.3) is 5.57 Å². The summed E-state index contributed by atoms with van der Waals surface area (Å²) in [6.07, 6.45) is 0.900. The van der Waals surface area contributed by atoms with Crippen molar-refractivity contribution in [2.45, 2.75) is 25.5 Å². The molecule has 2 aromatic carbocycles. The summed E-state index contributed by atoms with van der Waals surface area (Å²) < 4.78 is 5.05. The van der Waals surface area contributed by atoms with E-state index in [2.05, 4.69) is 10.3 Å². The summed E-state index contributed by atoms with van der Waals surface area (Å²) in [6, 6.07) is 8.89. The second kappa shape index (κ2) is 9.02. The number of ether oxygens (including phenoxy) is 1. The number of rotatable bonds is 6. The molecule has 1 atom stereocenters. The van der Waals surface area contributed by atoms with Crippen LogP contribution in [0.3, 0.4) is 0 Å². The standard InChI is InChI=1S/C22H18Cl2N2O6/c1-11(2)32-21(31)25-14-5-3-4-12(8-14)22(20(29)30)15(6-7-18(27)28)19-16(24)9-13(23)10-17(19)26-22/h3-11H,1-2H3,(H,25,31)(H,27,28)(H,29,30). The van der Waals surface area contributed by atoms with Crippen molar-refractivity contribution in [3.8, 4) is 0 Å². The molecule has 3 rings (SSSR count). The third kappa shape index (κ3) is 4.46. The topological polar surface area (TPSA) is 125 Å². The second-order valence-corrected chi connectivity index (χ2v) is 8.00. The molecular formula is C22H18Cl2N2O6. The number of aliphatic carboxylic acids is 2. The molecule has 0 fully saturated rings. The van der Waals surface area contributed by atoms with E-state index < -0.39 is 23.6 Å². The monoisotopic (exact) mass is 476 g/mol. The van der Waals surface area contributed by atoms with E-state index in [0.29, 0.717) is 0 Å². The summed E-state index contributed by atoms with van der Waals surface area (Å²) in [5.41, 5.74) is -1.54. The Balaban J connectivity index is 2.26. The molecule has 0 aliphatic carbocycles. The fourth-order valence-electron chi connectivity index (χ4n) is 3.39. The van der Waals surface area contributed by atoms with Crippen LogP contribution in [-0.2, 0) is 19.9 Å². The number of fused-ring (bicyclic) bond motifs is 1. The van der Waals surface area contributed by atoms with Crippen LogP contribution in [0.1, 0.15) is 19.4 Å². The van der Waals surface area contributed by atoms with Crippen LogP contribution in [-0.4, -0.2) is 34.3 Å². The van der Waals surface area contributed by atoms with Gasteiger partial charge < -0.3 is 14.9 Å². The van der Waals surface area contributed by atoms with Crippen LogP contribution in [0.2, 0.25) is 10.0 Å². The summed E-state index contributed by atoms with van der Waals surface area (Å²) >= 11 is 12.4. The van der Waals surface area contributed by atoms with Gasteiger partial charge in [0.1, 0.15) is 0 Å². The Bertz CT molecular complexity index is 1270. The number of hydrogen-bond acceptors (Lipinski definition) is 5. The first-order valence-electron chi connectivity index (χ1n) is 9.37. The predicted octanol–water partition coefficient (Wildman–Crippen LogP) is 3.36. The highest BCUT2D eigenvalue weighted by Crippen LogP contribution is 2.38. The Kier molecular flexibility index (Phi) is 6.57. The van der Waals surface area contributed by atoms with Crippen molar-refractivity contribution in [3.63, 3.8) is 0 Å². The summed E-state index contributed by atoms with van der Waals surface area (Å²) in [4.78, 5) is 40.2. The van der Waals surface area contributed by atoms with E-state index in [-0.39, 0.29) is 43.5 Å². The quantitative estimate of drug-likeness (QED) is 0.548. The molecule has 1 aliphatic rings. The highest BCUT2D eigenvalue weighted by molar-refractivity contribution is 6.34. The first-order chi connectivity index (χ1) is 15.0. The predicted molar refractivity (Wildman–Crippen MR) is 118 cm³/mol. The smallest absolute Gasteiger partial charge is 0.411 e. The van der Waals surface area contributed by atoms with Gasteiger partial charge >= 0.3 is 18.0 Å². The minimum absolute atomic E-state index is 0.0472. The van der Waals surface area contributed by atoms with Crippen molar-refractivity contribution >= 4 is 52.5 Å². The first kappa shape index (κ1) is 23.3. The molecule has 1 unspecified atom stereocenters. The number of hydrogen-bond donors (Lipinski definition) is 3. The fourth-order valence-corrected chi connectivity index (χ4v) is 3.97. The number of benzene rings is 2. The van der Waals surface area contributed by atoms with Crippen LogP contribution < -0.4 is 15.9 Å². The molecule has 3 N–H and O–H groups in total. The lowest BCUT2D eigenvalue weighted by molar-refractivity contribution is -0.141. The largest absolute Gasteiger partial charge is 0.479 e. The number of carboxylic acid groups (broad SMARTS) is 2. The molecule has 0 spiro atoms. The third-order valence-electron chi connectivity index (χ3n) is 4.55. The van der Waals surface area contributed by atoms with Gasteiger partial charge in [-0.2, -0.15) is 0 Å². The molecule has 1 heterocycles. The first-order valence-corrected chi connectivity index (χ1v) is 10.1. The van der Waals surface area contributed by atoms with E-state index in [1.165, 1.54) is 30.3 Å². The van der Waals surface area contributed by atoms with Crippen molar-refractivity contribution < 1.29 is 29.3 Å². The minimum Gasteiger partial charge on any atom is -0.479 e. The Morgan fingerprint density at radius 3 is 2.50 bits per heavy atom. The van der Waals surface area contributed by atoms with Gasteiger partial charge in [0.2, 0.25) is 5.54 Å². The molecule has 1 amide bonds.